The van der Waals surface area contributed by atoms with Gasteiger partial charge in [-0.25, -0.2) is 22.3 Å². The molecule has 1 heterocycles. The van der Waals surface area contributed by atoms with Crippen LogP contribution in [0.25, 0.3) is 0 Å². The summed E-state index contributed by atoms with van der Waals surface area (Å²) >= 11 is 5.33. The molecular weight excluding hydrogens is 254 g/mol. The second-order valence-corrected chi connectivity index (χ2v) is 4.46. The highest BCUT2D eigenvalue weighted by atomic mass is 35.5. The molecule has 0 amide bonds. The lowest BCUT2D eigenvalue weighted by molar-refractivity contribution is 0.147. The smallest absolute Gasteiger partial charge is 0.268 e. The summed E-state index contributed by atoms with van der Waals surface area (Å²) in [6.07, 6.45) is -2.42. The van der Waals surface area contributed by atoms with Gasteiger partial charge in [0.25, 0.3) is 12.0 Å². The lowest BCUT2D eigenvalue weighted by Gasteiger charge is -2.06. The molecule has 0 bridgehead atoms. The molecule has 0 fully saturated rings. The molecule has 9 heteroatoms. The zero-order valence-corrected chi connectivity index (χ0v) is 8.57. The molecule has 1 rings (SSSR count). The molecule has 0 aliphatic heterocycles. The van der Waals surface area contributed by atoms with E-state index in [4.69, 9.17) is 11.6 Å². The van der Waals surface area contributed by atoms with Gasteiger partial charge in [-0.15, -0.1) is 0 Å². The van der Waals surface area contributed by atoms with Crippen LogP contribution in [0.1, 0.15) is 12.0 Å². The van der Waals surface area contributed by atoms with Crippen LogP contribution in [-0.4, -0.2) is 13.4 Å². The minimum Gasteiger partial charge on any atom is -0.326 e. The molecule has 0 radical (unpaired) electrons. The van der Waals surface area contributed by atoms with E-state index in [-0.39, 0.29) is 0 Å². The molecule has 1 aromatic rings. The first-order valence-corrected chi connectivity index (χ1v) is 5.39. The van der Waals surface area contributed by atoms with Gasteiger partial charge in [0.15, 0.2) is 4.90 Å². The highest BCUT2D eigenvalue weighted by Crippen LogP contribution is 2.29. The van der Waals surface area contributed by atoms with Crippen molar-refractivity contribution < 1.29 is 17.2 Å². The van der Waals surface area contributed by atoms with Crippen LogP contribution in [-0.2, 0) is 10.0 Å². The van der Waals surface area contributed by atoms with Crippen molar-refractivity contribution in [3.05, 3.63) is 27.1 Å². The van der Waals surface area contributed by atoms with E-state index in [9.17, 15) is 22.0 Å². The third kappa shape index (κ3) is 2.33. The number of nitrogens with one attached hydrogen (secondary N) is 1. The van der Waals surface area contributed by atoms with Gasteiger partial charge in [-0.3, -0.25) is 4.79 Å². The van der Waals surface area contributed by atoms with Gasteiger partial charge >= 0.3 is 0 Å². The Balaban J connectivity index is 3.77. The fourth-order valence-electron chi connectivity index (χ4n) is 0.989. The van der Waals surface area contributed by atoms with Gasteiger partial charge in [0, 0.05) is 6.20 Å². The van der Waals surface area contributed by atoms with Crippen molar-refractivity contribution in [2.75, 3.05) is 0 Å². The zero-order valence-electron chi connectivity index (χ0n) is 7.00. The maximum Gasteiger partial charge on any atom is 0.268 e. The van der Waals surface area contributed by atoms with Gasteiger partial charge in [-0.1, -0.05) is 11.6 Å². The first kappa shape index (κ1) is 12.1. The number of halogens is 3. The second-order valence-electron chi connectivity index (χ2n) is 2.55. The quantitative estimate of drug-likeness (QED) is 0.814. The highest BCUT2D eigenvalue weighted by Gasteiger charge is 2.27. The van der Waals surface area contributed by atoms with E-state index in [2.05, 4.69) is 5.14 Å². The second kappa shape index (κ2) is 3.87. The summed E-state index contributed by atoms with van der Waals surface area (Å²) < 4.78 is 46.7. The predicted octanol–water partition coefficient (Wildman–Crippen LogP) is 0.613. The molecule has 3 N–H and O–H groups in total. The lowest BCUT2D eigenvalue weighted by Crippen LogP contribution is -2.25. The van der Waals surface area contributed by atoms with E-state index in [0.29, 0.717) is 0 Å². The van der Waals surface area contributed by atoms with Gasteiger partial charge in [-0.05, 0) is 0 Å². The number of nitrogens with two attached hydrogens (primary N) is 1. The van der Waals surface area contributed by atoms with Crippen molar-refractivity contribution >= 4 is 21.6 Å². The topological polar surface area (TPSA) is 93.0 Å². The summed E-state index contributed by atoms with van der Waals surface area (Å²) in [5.74, 6) is 0. The number of hydrogen-bond acceptors (Lipinski definition) is 3. The third-order valence-corrected chi connectivity index (χ3v) is 2.83. The van der Waals surface area contributed by atoms with Crippen LogP contribution in [0.3, 0.4) is 0 Å². The predicted molar refractivity (Wildman–Crippen MR) is 48.4 cm³/mol. The molecule has 0 atom stereocenters. The van der Waals surface area contributed by atoms with Gasteiger partial charge in [-0.2, -0.15) is 0 Å². The number of H-pyrrole nitrogens is 1. The molecule has 0 saturated carbocycles. The first-order valence-electron chi connectivity index (χ1n) is 3.47. The van der Waals surface area contributed by atoms with E-state index < -0.39 is 37.5 Å². The Bertz CT molecular complexity index is 540. The van der Waals surface area contributed by atoms with E-state index in [1.165, 1.54) is 0 Å². The van der Waals surface area contributed by atoms with Gasteiger partial charge in [0.2, 0.25) is 10.0 Å². The Kier molecular flexibility index (Phi) is 3.12. The molecule has 0 spiro atoms. The summed E-state index contributed by atoms with van der Waals surface area (Å²) in [7, 11) is -4.54. The first-order chi connectivity index (χ1) is 6.75. The Morgan fingerprint density at radius 2 is 2.00 bits per heavy atom. The SMILES string of the molecule is NS(=O)(=O)c1c(C(F)F)c(Cl)c[nH]c1=O. The summed E-state index contributed by atoms with van der Waals surface area (Å²) in [6, 6.07) is 0. The number of aromatic amines is 1. The van der Waals surface area contributed by atoms with Crippen molar-refractivity contribution in [2.24, 2.45) is 5.14 Å². The molecule has 0 aliphatic rings. The van der Waals surface area contributed by atoms with Crippen LogP contribution in [0.4, 0.5) is 8.78 Å². The molecular formula is C6H5ClF2N2O3S. The number of primary sulfonamides is 1. The maximum atomic E-state index is 12.4. The number of aromatic nitrogens is 1. The Morgan fingerprint density at radius 3 is 2.33 bits per heavy atom. The standard InChI is InChI=1S/C6H5ClF2N2O3S/c7-2-1-11-6(12)4(15(10,13)14)3(2)5(8)9/h1,5H,(H,11,12)(H2,10,13,14). The van der Waals surface area contributed by atoms with E-state index in [1.807, 2.05) is 4.98 Å². The molecule has 0 saturated heterocycles. The Morgan fingerprint density at radius 1 is 1.47 bits per heavy atom. The largest absolute Gasteiger partial charge is 0.326 e. The van der Waals surface area contributed by atoms with E-state index in [0.717, 1.165) is 6.20 Å². The summed E-state index contributed by atoms with van der Waals surface area (Å²) in [5, 5.41) is 4.06. The molecule has 15 heavy (non-hydrogen) atoms. The maximum absolute atomic E-state index is 12.4. The average molecular weight is 259 g/mol. The van der Waals surface area contributed by atoms with Crippen LogP contribution in [0.15, 0.2) is 15.9 Å². The van der Waals surface area contributed by atoms with Crippen molar-refractivity contribution in [3.8, 4) is 0 Å². The van der Waals surface area contributed by atoms with Gasteiger partial charge in [0.05, 0.1) is 10.6 Å². The Hall–Kier alpha value is -0.990. The van der Waals surface area contributed by atoms with Crippen molar-refractivity contribution in [1.82, 2.24) is 4.98 Å². The Labute approximate surface area is 87.9 Å². The van der Waals surface area contributed by atoms with Crippen LogP contribution in [0.5, 0.6) is 0 Å². The fourth-order valence-corrected chi connectivity index (χ4v) is 2.10. The van der Waals surface area contributed by atoms with Gasteiger partial charge in [0.1, 0.15) is 0 Å². The molecule has 1 aromatic heterocycles. The normalized spacial score (nSPS) is 12.1. The van der Waals surface area contributed by atoms with Crippen LogP contribution < -0.4 is 10.7 Å². The molecule has 0 aliphatic carbocycles. The number of rotatable bonds is 2. The summed E-state index contributed by atoms with van der Waals surface area (Å²) in [6.45, 7) is 0. The van der Waals surface area contributed by atoms with E-state index in [1.54, 1.807) is 0 Å². The van der Waals surface area contributed by atoms with Crippen LogP contribution in [0, 0.1) is 0 Å². The lowest BCUT2D eigenvalue weighted by atomic mass is 10.3. The van der Waals surface area contributed by atoms with Gasteiger partial charge < -0.3 is 4.98 Å². The monoisotopic (exact) mass is 258 g/mol. The van der Waals surface area contributed by atoms with Crippen LogP contribution >= 0.6 is 11.6 Å². The molecule has 0 unspecified atom stereocenters. The summed E-state index contributed by atoms with van der Waals surface area (Å²) in [4.78, 5) is 11.7. The minimum absolute atomic E-state index is 0.561. The van der Waals surface area contributed by atoms with E-state index >= 15 is 0 Å². The summed E-state index contributed by atoms with van der Waals surface area (Å²) in [5.41, 5.74) is -2.31. The molecule has 84 valence electrons. The molecule has 5 nitrogen and oxygen atoms in total. The average Bonchev–Trinajstić information content (AvgIpc) is 2.05. The highest BCUT2D eigenvalue weighted by molar-refractivity contribution is 7.89. The van der Waals surface area contributed by atoms with Crippen molar-refractivity contribution in [3.63, 3.8) is 0 Å². The number of pyridine rings is 1. The number of sulfonamides is 1. The minimum atomic E-state index is -4.54. The fraction of sp³-hybridized carbons (Fsp3) is 0.167. The zero-order chi connectivity index (χ0) is 11.8. The van der Waals surface area contributed by atoms with Crippen LogP contribution in [0.2, 0.25) is 5.02 Å². The van der Waals surface area contributed by atoms with Crippen molar-refractivity contribution in [2.45, 2.75) is 11.3 Å². The third-order valence-electron chi connectivity index (χ3n) is 1.54. The number of hydrogen-bond donors (Lipinski definition) is 2. The van der Waals surface area contributed by atoms with Crippen molar-refractivity contribution in [1.29, 1.82) is 0 Å². The number of alkyl halides is 2. The molecule has 0 aromatic carbocycles.